The zero-order valence-corrected chi connectivity index (χ0v) is 7.98. The van der Waals surface area contributed by atoms with Gasteiger partial charge in [0.15, 0.2) is 0 Å². The van der Waals surface area contributed by atoms with Gasteiger partial charge in [-0.25, -0.2) is 4.39 Å². The van der Waals surface area contributed by atoms with Gasteiger partial charge in [0.1, 0.15) is 0 Å². The minimum Gasteiger partial charge on any atom is -0.268 e. The maximum absolute atomic E-state index is 12.5. The zero-order chi connectivity index (χ0) is 9.14. The summed E-state index contributed by atoms with van der Waals surface area (Å²) in [6.45, 7) is 4.01. The molecule has 2 nitrogen and oxygen atoms in total. The topological polar surface area (TPSA) is 17.8 Å². The minimum atomic E-state index is -0.785. The first-order valence-electron chi connectivity index (χ1n) is 3.93. The molecule has 0 aliphatic carbocycles. The average molecular weight is 191 g/mol. The van der Waals surface area contributed by atoms with Crippen LogP contribution in [0.15, 0.2) is 6.20 Å². The van der Waals surface area contributed by atoms with E-state index in [0.29, 0.717) is 18.0 Å². The lowest BCUT2D eigenvalue weighted by Gasteiger charge is -2.04. The third kappa shape index (κ3) is 2.21. The molecule has 12 heavy (non-hydrogen) atoms. The predicted molar refractivity (Wildman–Crippen MR) is 47.2 cm³/mol. The Labute approximate surface area is 76.3 Å². The maximum atomic E-state index is 12.5. The van der Waals surface area contributed by atoms with Crippen LogP contribution in [0.25, 0.3) is 0 Å². The molecule has 1 rings (SSSR count). The van der Waals surface area contributed by atoms with Crippen LogP contribution in [0.4, 0.5) is 4.39 Å². The molecule has 1 aromatic rings. The fraction of sp³-hybridized carbons (Fsp3) is 0.625. The Bertz CT molecular complexity index is 258. The fourth-order valence-electron chi connectivity index (χ4n) is 0.949. The molecule has 0 saturated heterocycles. The van der Waals surface area contributed by atoms with Gasteiger partial charge >= 0.3 is 0 Å². The van der Waals surface area contributed by atoms with Crippen LogP contribution in [0.5, 0.6) is 0 Å². The molecule has 0 amide bonds. The predicted octanol–water partition coefficient (Wildman–Crippen LogP) is 2.59. The summed E-state index contributed by atoms with van der Waals surface area (Å²) in [6, 6.07) is 0. The van der Waals surface area contributed by atoms with Gasteiger partial charge in [-0.2, -0.15) is 5.10 Å². The third-order valence-electron chi connectivity index (χ3n) is 1.78. The summed E-state index contributed by atoms with van der Waals surface area (Å²) < 4.78 is 14.2. The highest BCUT2D eigenvalue weighted by molar-refractivity contribution is 6.31. The molecule has 1 atom stereocenters. The van der Waals surface area contributed by atoms with Gasteiger partial charge in [-0.3, -0.25) is 4.68 Å². The molecule has 68 valence electrons. The van der Waals surface area contributed by atoms with Gasteiger partial charge in [0.25, 0.3) is 0 Å². The smallest absolute Gasteiger partial charge is 0.0991 e. The van der Waals surface area contributed by atoms with Crippen LogP contribution in [0, 0.1) is 6.92 Å². The monoisotopic (exact) mass is 190 g/mol. The highest BCUT2D eigenvalue weighted by Gasteiger charge is 2.04. The van der Waals surface area contributed by atoms with Crippen LogP contribution in [0.2, 0.25) is 5.02 Å². The summed E-state index contributed by atoms with van der Waals surface area (Å²) in [6.07, 6.45) is 1.28. The van der Waals surface area contributed by atoms with Gasteiger partial charge in [0, 0.05) is 6.54 Å². The van der Waals surface area contributed by atoms with E-state index in [0.717, 1.165) is 5.69 Å². The van der Waals surface area contributed by atoms with Crippen molar-refractivity contribution in [1.82, 2.24) is 9.78 Å². The Morgan fingerprint density at radius 3 is 2.83 bits per heavy atom. The van der Waals surface area contributed by atoms with E-state index in [-0.39, 0.29) is 0 Å². The average Bonchev–Trinajstić information content (AvgIpc) is 2.30. The Balaban J connectivity index is 2.58. The zero-order valence-electron chi connectivity index (χ0n) is 7.22. The van der Waals surface area contributed by atoms with E-state index in [1.807, 2.05) is 6.92 Å². The second-order valence-corrected chi connectivity index (χ2v) is 3.28. The van der Waals surface area contributed by atoms with Crippen molar-refractivity contribution in [1.29, 1.82) is 0 Å². The molecule has 0 N–H and O–H groups in total. The summed E-state index contributed by atoms with van der Waals surface area (Å²) in [5.41, 5.74) is 0.900. The lowest BCUT2D eigenvalue weighted by molar-refractivity contribution is 0.319. The number of rotatable bonds is 3. The van der Waals surface area contributed by atoms with Crippen LogP contribution in [0.1, 0.15) is 19.0 Å². The molecule has 1 unspecified atom stereocenters. The van der Waals surface area contributed by atoms with Crippen molar-refractivity contribution in [2.45, 2.75) is 33.0 Å². The van der Waals surface area contributed by atoms with Crippen molar-refractivity contribution in [3.63, 3.8) is 0 Å². The first kappa shape index (κ1) is 9.52. The standard InChI is InChI=1S/C8H12ClFN2/c1-6(10)3-4-12-7(2)8(9)5-11-12/h5-6H,3-4H2,1-2H3. The number of alkyl halides is 1. The van der Waals surface area contributed by atoms with Crippen molar-refractivity contribution < 1.29 is 4.39 Å². The van der Waals surface area contributed by atoms with Gasteiger partial charge in [-0.15, -0.1) is 0 Å². The Hall–Kier alpha value is -0.570. The quantitative estimate of drug-likeness (QED) is 0.717. The van der Waals surface area contributed by atoms with Crippen LogP contribution in [-0.4, -0.2) is 16.0 Å². The molecule has 0 aliphatic heterocycles. The molecule has 0 spiro atoms. The number of nitrogens with zero attached hydrogens (tertiary/aromatic N) is 2. The highest BCUT2D eigenvalue weighted by Crippen LogP contribution is 2.13. The van der Waals surface area contributed by atoms with E-state index in [9.17, 15) is 4.39 Å². The van der Waals surface area contributed by atoms with Gasteiger partial charge in [0.05, 0.1) is 23.1 Å². The van der Waals surface area contributed by atoms with E-state index in [4.69, 9.17) is 11.6 Å². The van der Waals surface area contributed by atoms with Gasteiger partial charge in [0.2, 0.25) is 0 Å². The normalized spacial score (nSPS) is 13.3. The molecule has 0 bridgehead atoms. The van der Waals surface area contributed by atoms with E-state index in [2.05, 4.69) is 5.10 Å². The van der Waals surface area contributed by atoms with Crippen molar-refractivity contribution in [3.05, 3.63) is 16.9 Å². The first-order valence-corrected chi connectivity index (χ1v) is 4.31. The number of hydrogen-bond acceptors (Lipinski definition) is 1. The third-order valence-corrected chi connectivity index (χ3v) is 2.15. The second kappa shape index (κ2) is 3.90. The fourth-order valence-corrected chi connectivity index (χ4v) is 1.09. The minimum absolute atomic E-state index is 0.485. The molecule has 1 heterocycles. The van der Waals surface area contributed by atoms with E-state index >= 15 is 0 Å². The molecule has 0 radical (unpaired) electrons. The molecule has 1 aromatic heterocycles. The summed E-state index contributed by atoms with van der Waals surface area (Å²) in [4.78, 5) is 0. The summed E-state index contributed by atoms with van der Waals surface area (Å²) in [5.74, 6) is 0. The summed E-state index contributed by atoms with van der Waals surface area (Å²) in [7, 11) is 0. The van der Waals surface area contributed by atoms with Crippen molar-refractivity contribution in [3.8, 4) is 0 Å². The van der Waals surface area contributed by atoms with Crippen molar-refractivity contribution in [2.24, 2.45) is 0 Å². The second-order valence-electron chi connectivity index (χ2n) is 2.87. The number of halogens is 2. The summed E-state index contributed by atoms with van der Waals surface area (Å²) in [5, 5.41) is 4.65. The SMILES string of the molecule is Cc1c(Cl)cnn1CCC(C)F. The van der Waals surface area contributed by atoms with Gasteiger partial charge in [-0.05, 0) is 20.3 Å². The molecular weight excluding hydrogens is 179 g/mol. The van der Waals surface area contributed by atoms with Crippen LogP contribution in [-0.2, 0) is 6.54 Å². The number of aryl methyl sites for hydroxylation is 1. The number of hydrogen-bond donors (Lipinski definition) is 0. The Kier molecular flexibility index (Phi) is 3.09. The van der Waals surface area contributed by atoms with Gasteiger partial charge < -0.3 is 0 Å². The van der Waals surface area contributed by atoms with E-state index in [1.165, 1.54) is 0 Å². The maximum Gasteiger partial charge on any atom is 0.0991 e. The van der Waals surface area contributed by atoms with Crippen molar-refractivity contribution >= 4 is 11.6 Å². The first-order chi connectivity index (χ1) is 5.61. The Morgan fingerprint density at radius 2 is 2.42 bits per heavy atom. The molecule has 0 aromatic carbocycles. The molecule has 0 fully saturated rings. The van der Waals surface area contributed by atoms with Crippen LogP contribution in [0.3, 0.4) is 0 Å². The molecule has 0 saturated carbocycles. The van der Waals surface area contributed by atoms with Gasteiger partial charge in [-0.1, -0.05) is 11.6 Å². The van der Waals surface area contributed by atoms with Crippen LogP contribution >= 0.6 is 11.6 Å². The molecule has 4 heteroatoms. The number of aromatic nitrogens is 2. The highest BCUT2D eigenvalue weighted by atomic mass is 35.5. The summed E-state index contributed by atoms with van der Waals surface area (Å²) >= 11 is 5.77. The molecular formula is C8H12ClFN2. The van der Waals surface area contributed by atoms with Crippen molar-refractivity contribution in [2.75, 3.05) is 0 Å². The molecule has 0 aliphatic rings. The van der Waals surface area contributed by atoms with E-state index in [1.54, 1.807) is 17.8 Å². The lowest BCUT2D eigenvalue weighted by atomic mass is 10.3. The Morgan fingerprint density at radius 1 is 1.75 bits per heavy atom. The van der Waals surface area contributed by atoms with Crippen LogP contribution < -0.4 is 0 Å². The lowest BCUT2D eigenvalue weighted by Crippen LogP contribution is -2.06. The largest absolute Gasteiger partial charge is 0.268 e. The van der Waals surface area contributed by atoms with E-state index < -0.39 is 6.17 Å².